The molecule has 2 aliphatic heterocycles. The van der Waals surface area contributed by atoms with Crippen LogP contribution in [0.5, 0.6) is 0 Å². The molecule has 2 atom stereocenters. The maximum atomic E-state index is 12.6. The Bertz CT molecular complexity index is 875. The second-order valence-corrected chi connectivity index (χ2v) is 8.66. The third-order valence-electron chi connectivity index (χ3n) is 6.61. The maximum Gasteiger partial charge on any atom is 0.290 e. The number of nitrogens with one attached hydrogen (secondary N) is 2. The van der Waals surface area contributed by atoms with E-state index in [4.69, 9.17) is 14.6 Å². The third kappa shape index (κ3) is 5.20. The molecular formula is C22H33N5O5. The summed E-state index contributed by atoms with van der Waals surface area (Å²) in [5.41, 5.74) is 0.351. The van der Waals surface area contributed by atoms with Crippen LogP contribution in [-0.2, 0) is 16.1 Å². The Morgan fingerprint density at radius 2 is 2.06 bits per heavy atom. The molecule has 0 unspecified atom stereocenters. The zero-order valence-corrected chi connectivity index (χ0v) is 18.7. The highest BCUT2D eigenvalue weighted by Crippen LogP contribution is 2.40. The molecule has 1 amide bonds. The van der Waals surface area contributed by atoms with Gasteiger partial charge in [-0.05, 0) is 51.3 Å². The summed E-state index contributed by atoms with van der Waals surface area (Å²) < 4.78 is 8.17. The number of aliphatic hydroxyl groups excluding tert-OH is 1. The lowest BCUT2D eigenvalue weighted by Crippen LogP contribution is -2.69. The van der Waals surface area contributed by atoms with Gasteiger partial charge in [0, 0.05) is 44.3 Å². The summed E-state index contributed by atoms with van der Waals surface area (Å²) in [6.45, 7) is 7.78. The van der Waals surface area contributed by atoms with E-state index in [1.165, 1.54) is 0 Å². The van der Waals surface area contributed by atoms with Crippen molar-refractivity contribution in [2.24, 2.45) is 0 Å². The maximum absolute atomic E-state index is 12.6. The van der Waals surface area contributed by atoms with Crippen molar-refractivity contribution in [1.29, 1.82) is 0 Å². The number of aromatic nitrogens is 3. The molecule has 0 saturated carbocycles. The monoisotopic (exact) mass is 447 g/mol. The first-order valence-electron chi connectivity index (χ1n) is 10.9. The zero-order valence-electron chi connectivity index (χ0n) is 18.7. The van der Waals surface area contributed by atoms with Gasteiger partial charge in [0.25, 0.3) is 12.4 Å². The van der Waals surface area contributed by atoms with Gasteiger partial charge in [-0.3, -0.25) is 14.3 Å². The Morgan fingerprint density at radius 3 is 2.66 bits per heavy atom. The van der Waals surface area contributed by atoms with E-state index in [9.17, 15) is 9.90 Å². The molecule has 0 aliphatic carbocycles. The molecule has 10 nitrogen and oxygen atoms in total. The van der Waals surface area contributed by atoms with E-state index < -0.39 is 17.2 Å². The molecular weight excluding hydrogens is 414 g/mol. The van der Waals surface area contributed by atoms with Crippen LogP contribution >= 0.6 is 0 Å². The minimum absolute atomic E-state index is 0.194. The van der Waals surface area contributed by atoms with Crippen molar-refractivity contribution in [2.45, 2.75) is 56.9 Å². The van der Waals surface area contributed by atoms with E-state index >= 15 is 0 Å². The van der Waals surface area contributed by atoms with Crippen molar-refractivity contribution < 1.29 is 24.5 Å². The van der Waals surface area contributed by atoms with Crippen LogP contribution in [0, 0.1) is 6.92 Å². The SMILES string of the molecule is Cc1ccnn1CCN1CCC2(CC1)OCC[C@](C)(NC(=O)c1ccc[nH]1)[C@H]2O.O=CO. The number of amides is 1. The fourth-order valence-corrected chi connectivity index (χ4v) is 4.63. The molecule has 1 spiro atoms. The van der Waals surface area contributed by atoms with Crippen LogP contribution in [0.2, 0.25) is 0 Å². The molecule has 0 bridgehead atoms. The normalized spacial score (nSPS) is 25.0. The van der Waals surface area contributed by atoms with Gasteiger partial charge >= 0.3 is 0 Å². The molecule has 0 aromatic carbocycles. The number of aliphatic hydroxyl groups is 1. The summed E-state index contributed by atoms with van der Waals surface area (Å²) in [4.78, 5) is 26.2. The van der Waals surface area contributed by atoms with Crippen LogP contribution in [-0.4, -0.2) is 85.7 Å². The number of H-pyrrole nitrogens is 1. The molecule has 10 heteroatoms. The summed E-state index contributed by atoms with van der Waals surface area (Å²) in [5.74, 6) is -0.194. The van der Waals surface area contributed by atoms with Crippen LogP contribution in [0.1, 0.15) is 42.4 Å². The molecule has 0 radical (unpaired) electrons. The molecule has 4 N–H and O–H groups in total. The fourth-order valence-electron chi connectivity index (χ4n) is 4.63. The molecule has 4 heterocycles. The summed E-state index contributed by atoms with van der Waals surface area (Å²) in [6.07, 6.45) is 4.89. The second-order valence-electron chi connectivity index (χ2n) is 8.66. The quantitative estimate of drug-likeness (QED) is 0.503. The van der Waals surface area contributed by atoms with Gasteiger partial charge in [0.05, 0.1) is 17.7 Å². The van der Waals surface area contributed by atoms with Crippen molar-refractivity contribution in [1.82, 2.24) is 25.0 Å². The average Bonchev–Trinajstić information content (AvgIpc) is 3.44. The number of carboxylic acid groups (broad SMARTS) is 1. The molecule has 176 valence electrons. The molecule has 2 aromatic rings. The van der Waals surface area contributed by atoms with Crippen molar-refractivity contribution in [2.75, 3.05) is 26.2 Å². The second kappa shape index (κ2) is 10.3. The van der Waals surface area contributed by atoms with E-state index in [2.05, 4.69) is 27.2 Å². The fraction of sp³-hybridized carbons (Fsp3) is 0.591. The molecule has 2 aliphatic rings. The molecule has 2 aromatic heterocycles. The number of hydrogen-bond acceptors (Lipinski definition) is 6. The first-order valence-corrected chi connectivity index (χ1v) is 10.9. The molecule has 2 fully saturated rings. The Hall–Kier alpha value is -2.69. The lowest BCUT2D eigenvalue weighted by atomic mass is 9.73. The van der Waals surface area contributed by atoms with Gasteiger partial charge in [0.15, 0.2) is 0 Å². The number of hydrogen-bond donors (Lipinski definition) is 4. The van der Waals surface area contributed by atoms with E-state index in [1.54, 1.807) is 18.3 Å². The van der Waals surface area contributed by atoms with E-state index in [1.807, 2.05) is 23.9 Å². The van der Waals surface area contributed by atoms with Gasteiger partial charge in [-0.25, -0.2) is 0 Å². The molecule has 2 saturated heterocycles. The van der Waals surface area contributed by atoms with Crippen LogP contribution in [0.25, 0.3) is 0 Å². The summed E-state index contributed by atoms with van der Waals surface area (Å²) in [6, 6.07) is 5.54. The summed E-state index contributed by atoms with van der Waals surface area (Å²) in [5, 5.41) is 25.6. The lowest BCUT2D eigenvalue weighted by Gasteiger charge is -2.53. The zero-order chi connectivity index (χ0) is 23.2. The number of aromatic amines is 1. The smallest absolute Gasteiger partial charge is 0.290 e. The van der Waals surface area contributed by atoms with Crippen molar-refractivity contribution in [3.8, 4) is 0 Å². The Kier molecular flexibility index (Phi) is 7.70. The summed E-state index contributed by atoms with van der Waals surface area (Å²) >= 11 is 0. The van der Waals surface area contributed by atoms with Gasteiger partial charge in [0.1, 0.15) is 11.8 Å². The third-order valence-corrected chi connectivity index (χ3v) is 6.61. The number of piperidine rings is 1. The predicted octanol–water partition coefficient (Wildman–Crippen LogP) is 1.02. The number of carbonyl (C=O) groups excluding carboxylic acids is 1. The number of aryl methyl sites for hydroxylation is 1. The van der Waals surface area contributed by atoms with Crippen molar-refractivity contribution in [3.63, 3.8) is 0 Å². The number of carbonyl (C=O) groups is 2. The first kappa shape index (κ1) is 24.0. The Morgan fingerprint density at radius 1 is 1.34 bits per heavy atom. The van der Waals surface area contributed by atoms with Crippen LogP contribution < -0.4 is 5.32 Å². The van der Waals surface area contributed by atoms with E-state index in [0.717, 1.165) is 44.7 Å². The molecule has 32 heavy (non-hydrogen) atoms. The average molecular weight is 448 g/mol. The Balaban J connectivity index is 0.000000913. The topological polar surface area (TPSA) is 133 Å². The van der Waals surface area contributed by atoms with Crippen molar-refractivity contribution in [3.05, 3.63) is 42.0 Å². The van der Waals surface area contributed by atoms with Gasteiger partial charge in [-0.1, -0.05) is 0 Å². The minimum atomic E-state index is -0.752. The molecule has 4 rings (SSSR count). The highest BCUT2D eigenvalue weighted by Gasteiger charge is 2.53. The standard InChI is InChI=1S/C21H31N5O3.CH2O2/c1-16-5-10-23-26(16)14-13-25-11-6-21(7-12-25)19(28)20(2,8-15-29-21)24-18(27)17-4-3-9-22-17;2-1-3/h3-5,9-10,19,22,28H,6-8,11-15H2,1-2H3,(H,24,27);1H,(H,2,3)/t19-,20+;/m1./s1. The van der Waals surface area contributed by atoms with Gasteiger partial charge in [-0.2, -0.15) is 5.10 Å². The predicted molar refractivity (Wildman–Crippen MR) is 117 cm³/mol. The highest BCUT2D eigenvalue weighted by atomic mass is 16.5. The van der Waals surface area contributed by atoms with Gasteiger partial charge in [-0.15, -0.1) is 0 Å². The van der Waals surface area contributed by atoms with E-state index in [-0.39, 0.29) is 12.4 Å². The van der Waals surface area contributed by atoms with Crippen LogP contribution in [0.15, 0.2) is 30.6 Å². The van der Waals surface area contributed by atoms with Gasteiger partial charge < -0.3 is 30.2 Å². The number of ether oxygens (including phenoxy) is 1. The highest BCUT2D eigenvalue weighted by molar-refractivity contribution is 5.92. The Labute approximate surface area is 187 Å². The number of likely N-dealkylation sites (tertiary alicyclic amines) is 1. The summed E-state index contributed by atoms with van der Waals surface area (Å²) in [7, 11) is 0. The van der Waals surface area contributed by atoms with Crippen molar-refractivity contribution >= 4 is 12.4 Å². The number of rotatable bonds is 5. The number of nitrogens with zero attached hydrogens (tertiary/aromatic N) is 3. The van der Waals surface area contributed by atoms with E-state index in [0.29, 0.717) is 18.7 Å². The lowest BCUT2D eigenvalue weighted by molar-refractivity contribution is -0.205. The largest absolute Gasteiger partial charge is 0.483 e. The van der Waals surface area contributed by atoms with Crippen LogP contribution in [0.3, 0.4) is 0 Å². The van der Waals surface area contributed by atoms with Gasteiger partial charge in [0.2, 0.25) is 0 Å². The van der Waals surface area contributed by atoms with Crippen LogP contribution in [0.4, 0.5) is 0 Å². The minimum Gasteiger partial charge on any atom is -0.483 e. The first-order chi connectivity index (χ1) is 15.3.